The van der Waals surface area contributed by atoms with Crippen LogP contribution in [0.2, 0.25) is 10.0 Å². The highest BCUT2D eigenvalue weighted by molar-refractivity contribution is 8.18. The van der Waals surface area contributed by atoms with E-state index in [0.29, 0.717) is 31.8 Å². The van der Waals surface area contributed by atoms with Crippen LogP contribution >= 0.6 is 35.0 Å². The Bertz CT molecular complexity index is 1300. The first-order valence-corrected chi connectivity index (χ1v) is 12.2. The first kappa shape index (κ1) is 24.9. The van der Waals surface area contributed by atoms with Crippen LogP contribution in [-0.2, 0) is 16.1 Å². The number of hydrogen-bond acceptors (Lipinski definition) is 5. The van der Waals surface area contributed by atoms with Gasteiger partial charge in [0.1, 0.15) is 5.75 Å². The molecule has 1 N–H and O–H groups in total. The second-order valence-electron chi connectivity index (χ2n) is 7.69. The first-order chi connectivity index (χ1) is 16.8. The fourth-order valence-electron chi connectivity index (χ4n) is 3.34. The van der Waals surface area contributed by atoms with E-state index >= 15 is 0 Å². The van der Waals surface area contributed by atoms with Gasteiger partial charge in [-0.3, -0.25) is 19.3 Å². The van der Waals surface area contributed by atoms with Gasteiger partial charge in [0, 0.05) is 21.3 Å². The summed E-state index contributed by atoms with van der Waals surface area (Å²) in [6.07, 6.45) is 1.63. The van der Waals surface area contributed by atoms with Crippen LogP contribution in [0, 0.1) is 6.92 Å². The lowest BCUT2D eigenvalue weighted by Crippen LogP contribution is -2.27. The van der Waals surface area contributed by atoms with Crippen molar-refractivity contribution < 1.29 is 19.1 Å². The van der Waals surface area contributed by atoms with Crippen molar-refractivity contribution in [1.82, 2.24) is 4.90 Å². The maximum absolute atomic E-state index is 12.8. The summed E-state index contributed by atoms with van der Waals surface area (Å²) in [6, 6.07) is 19.4. The van der Waals surface area contributed by atoms with Crippen LogP contribution < -0.4 is 10.1 Å². The molecule has 1 saturated heterocycles. The Hall–Kier alpha value is -3.26. The summed E-state index contributed by atoms with van der Waals surface area (Å²) in [6.45, 7) is 1.77. The van der Waals surface area contributed by atoms with Crippen LogP contribution in [0.5, 0.6) is 5.75 Å². The van der Waals surface area contributed by atoms with E-state index in [-0.39, 0.29) is 19.1 Å². The number of carbonyl (C=O) groups is 3. The molecular weight excluding hydrogens is 507 g/mol. The van der Waals surface area contributed by atoms with E-state index in [1.165, 1.54) is 0 Å². The molecule has 178 valence electrons. The minimum atomic E-state index is -0.413. The van der Waals surface area contributed by atoms with Crippen LogP contribution in [0.1, 0.15) is 16.7 Å². The zero-order valence-corrected chi connectivity index (χ0v) is 20.9. The van der Waals surface area contributed by atoms with E-state index in [2.05, 4.69) is 5.32 Å². The number of imide groups is 1. The highest BCUT2D eigenvalue weighted by Gasteiger charge is 2.35. The minimum Gasteiger partial charge on any atom is -0.484 e. The van der Waals surface area contributed by atoms with Crippen LogP contribution in [-0.4, -0.2) is 28.6 Å². The number of thioether (sulfide) groups is 1. The molecule has 3 aromatic rings. The molecule has 0 aliphatic carbocycles. The van der Waals surface area contributed by atoms with Crippen molar-refractivity contribution in [1.29, 1.82) is 0 Å². The van der Waals surface area contributed by atoms with Crippen molar-refractivity contribution >= 4 is 63.8 Å². The van der Waals surface area contributed by atoms with Gasteiger partial charge in [-0.25, -0.2) is 0 Å². The van der Waals surface area contributed by atoms with Crippen molar-refractivity contribution in [2.75, 3.05) is 11.9 Å². The summed E-state index contributed by atoms with van der Waals surface area (Å²) in [4.78, 5) is 38.9. The van der Waals surface area contributed by atoms with Gasteiger partial charge in [-0.05, 0) is 66.2 Å². The SMILES string of the molecule is Cc1ccccc1NC(=O)COc1ccc(/C=C2\SC(=O)N(Cc3c(Cl)cccc3Cl)C2=O)cc1. The number of nitrogens with one attached hydrogen (secondary N) is 1. The quantitative estimate of drug-likeness (QED) is 0.353. The molecule has 0 saturated carbocycles. The summed E-state index contributed by atoms with van der Waals surface area (Å²) in [7, 11) is 0. The summed E-state index contributed by atoms with van der Waals surface area (Å²) in [5.74, 6) is -0.177. The molecule has 0 bridgehead atoms. The van der Waals surface area contributed by atoms with E-state index < -0.39 is 11.1 Å². The van der Waals surface area contributed by atoms with Gasteiger partial charge in [0.25, 0.3) is 17.1 Å². The van der Waals surface area contributed by atoms with Gasteiger partial charge in [-0.2, -0.15) is 0 Å². The highest BCUT2D eigenvalue weighted by atomic mass is 35.5. The lowest BCUT2D eigenvalue weighted by molar-refractivity contribution is -0.123. The predicted octanol–water partition coefficient (Wildman–Crippen LogP) is 6.56. The zero-order valence-electron chi connectivity index (χ0n) is 18.6. The van der Waals surface area contributed by atoms with Crippen molar-refractivity contribution in [2.24, 2.45) is 0 Å². The molecule has 4 rings (SSSR count). The molecule has 1 aliphatic rings. The summed E-state index contributed by atoms with van der Waals surface area (Å²) >= 11 is 13.2. The van der Waals surface area contributed by atoms with E-state index in [9.17, 15) is 14.4 Å². The average Bonchev–Trinajstić information content (AvgIpc) is 3.09. The molecule has 3 aromatic carbocycles. The van der Waals surface area contributed by atoms with E-state index in [4.69, 9.17) is 27.9 Å². The lowest BCUT2D eigenvalue weighted by atomic mass is 10.2. The van der Waals surface area contributed by atoms with Crippen molar-refractivity contribution in [3.8, 4) is 5.75 Å². The number of amides is 3. The molecule has 0 atom stereocenters. The van der Waals surface area contributed by atoms with Gasteiger partial charge >= 0.3 is 0 Å². The molecule has 0 radical (unpaired) electrons. The second-order valence-corrected chi connectivity index (χ2v) is 9.50. The molecule has 0 unspecified atom stereocenters. The minimum absolute atomic E-state index is 0.00212. The monoisotopic (exact) mass is 526 g/mol. The van der Waals surface area contributed by atoms with Crippen molar-refractivity contribution in [3.63, 3.8) is 0 Å². The molecule has 0 aromatic heterocycles. The number of ether oxygens (including phenoxy) is 1. The van der Waals surface area contributed by atoms with Gasteiger partial charge < -0.3 is 10.1 Å². The summed E-state index contributed by atoms with van der Waals surface area (Å²) in [5, 5.41) is 3.20. The third-order valence-corrected chi connectivity index (χ3v) is 6.83. The number of anilines is 1. The molecule has 1 fully saturated rings. The molecule has 0 spiro atoms. The van der Waals surface area contributed by atoms with Gasteiger partial charge in [0.05, 0.1) is 11.4 Å². The largest absolute Gasteiger partial charge is 0.484 e. The van der Waals surface area contributed by atoms with Gasteiger partial charge in [0.15, 0.2) is 6.61 Å². The number of nitrogens with zero attached hydrogens (tertiary/aromatic N) is 1. The standard InChI is InChI=1S/C26H20Cl2N2O4S/c1-16-5-2-3-8-22(16)29-24(31)15-34-18-11-9-17(10-12-18)13-23-25(32)30(26(33)35-23)14-19-20(27)6-4-7-21(19)28/h2-13H,14-15H2,1H3,(H,29,31)/b23-13-. The van der Waals surface area contributed by atoms with Gasteiger partial charge in [-0.1, -0.05) is 59.6 Å². The van der Waals surface area contributed by atoms with E-state index in [1.54, 1.807) is 48.5 Å². The van der Waals surface area contributed by atoms with E-state index in [0.717, 1.165) is 27.9 Å². The average molecular weight is 527 g/mol. The molecule has 3 amide bonds. The highest BCUT2D eigenvalue weighted by Crippen LogP contribution is 2.35. The Morgan fingerprint density at radius 3 is 2.37 bits per heavy atom. The normalized spacial score (nSPS) is 14.5. The van der Waals surface area contributed by atoms with Crippen molar-refractivity contribution in [2.45, 2.75) is 13.5 Å². The number of benzene rings is 3. The molecule has 35 heavy (non-hydrogen) atoms. The first-order valence-electron chi connectivity index (χ1n) is 10.6. The van der Waals surface area contributed by atoms with Crippen LogP contribution in [0.25, 0.3) is 6.08 Å². The fraction of sp³-hybridized carbons (Fsp3) is 0.115. The number of rotatable bonds is 7. The predicted molar refractivity (Wildman–Crippen MR) is 140 cm³/mol. The smallest absolute Gasteiger partial charge is 0.293 e. The number of para-hydroxylation sites is 1. The third-order valence-electron chi connectivity index (χ3n) is 5.22. The number of halogens is 2. The van der Waals surface area contributed by atoms with E-state index in [1.807, 2.05) is 31.2 Å². The summed E-state index contributed by atoms with van der Waals surface area (Å²) in [5.41, 5.74) is 2.93. The Morgan fingerprint density at radius 1 is 1.00 bits per heavy atom. The number of carbonyl (C=O) groups excluding carboxylic acids is 3. The molecule has 9 heteroatoms. The van der Waals surface area contributed by atoms with Crippen LogP contribution in [0.4, 0.5) is 10.5 Å². The Kier molecular flexibility index (Phi) is 7.80. The number of hydrogen-bond donors (Lipinski definition) is 1. The maximum atomic E-state index is 12.8. The maximum Gasteiger partial charge on any atom is 0.293 e. The Labute approximate surface area is 216 Å². The van der Waals surface area contributed by atoms with Crippen molar-refractivity contribution in [3.05, 3.63) is 98.4 Å². The summed E-state index contributed by atoms with van der Waals surface area (Å²) < 4.78 is 5.56. The second kappa shape index (κ2) is 11.0. The fourth-order valence-corrected chi connectivity index (χ4v) is 4.69. The zero-order chi connectivity index (χ0) is 24.9. The van der Waals surface area contributed by atoms with Crippen LogP contribution in [0.15, 0.2) is 71.6 Å². The van der Waals surface area contributed by atoms with Crippen LogP contribution in [0.3, 0.4) is 0 Å². The molecule has 1 aliphatic heterocycles. The van der Waals surface area contributed by atoms with Gasteiger partial charge in [-0.15, -0.1) is 0 Å². The molecule has 6 nitrogen and oxygen atoms in total. The third kappa shape index (κ3) is 6.06. The number of aryl methyl sites for hydroxylation is 1. The topological polar surface area (TPSA) is 75.7 Å². The lowest BCUT2D eigenvalue weighted by Gasteiger charge is -2.14. The molecular formula is C26H20Cl2N2O4S. The Morgan fingerprint density at radius 2 is 1.69 bits per heavy atom. The van der Waals surface area contributed by atoms with Gasteiger partial charge in [0.2, 0.25) is 0 Å². The Balaban J connectivity index is 1.37. The molecule has 1 heterocycles.